The molecule has 0 saturated heterocycles. The first-order valence-electron chi connectivity index (χ1n) is 6.33. The molecule has 0 heterocycles. The molecule has 0 fully saturated rings. The number of rotatable bonds is 5. The zero-order chi connectivity index (χ0) is 17.0. The van der Waals surface area contributed by atoms with Gasteiger partial charge in [-0.05, 0) is 11.6 Å². The quantitative estimate of drug-likeness (QED) is 0.391. The number of ketones is 1. The molecule has 8 nitrogen and oxygen atoms in total. The van der Waals surface area contributed by atoms with Crippen molar-refractivity contribution in [3.05, 3.63) is 79.9 Å². The maximum Gasteiger partial charge on any atom is 0.318 e. The van der Waals surface area contributed by atoms with Gasteiger partial charge in [-0.15, -0.1) is 0 Å². The Labute approximate surface area is 129 Å². The summed E-state index contributed by atoms with van der Waals surface area (Å²) >= 11 is 0. The van der Waals surface area contributed by atoms with E-state index in [9.17, 15) is 30.1 Å². The summed E-state index contributed by atoms with van der Waals surface area (Å²) in [7, 11) is 0. The van der Waals surface area contributed by atoms with Gasteiger partial charge in [0.15, 0.2) is 5.78 Å². The molecule has 0 amide bonds. The summed E-state index contributed by atoms with van der Waals surface area (Å²) in [6, 6.07) is 10.4. The lowest BCUT2D eigenvalue weighted by Crippen LogP contribution is -2.00. The zero-order valence-electron chi connectivity index (χ0n) is 11.6. The van der Waals surface area contributed by atoms with Crippen molar-refractivity contribution >= 4 is 23.2 Å². The van der Waals surface area contributed by atoms with E-state index in [1.165, 1.54) is 6.08 Å². The number of allylic oxidation sites excluding steroid dienone is 1. The first-order valence-corrected chi connectivity index (χ1v) is 6.33. The SMILES string of the molecule is O=C(C=Cc1ccccc1)c1cc([N+](=O)[O-])c(O)c([N+](=O)[O-])c1. The fourth-order valence-corrected chi connectivity index (χ4v) is 1.86. The maximum absolute atomic E-state index is 12.1. The van der Waals surface area contributed by atoms with Crippen LogP contribution in [0.3, 0.4) is 0 Å². The summed E-state index contributed by atoms with van der Waals surface area (Å²) in [6.07, 6.45) is 2.63. The van der Waals surface area contributed by atoms with Gasteiger partial charge >= 0.3 is 11.4 Å². The molecule has 2 aromatic carbocycles. The van der Waals surface area contributed by atoms with Crippen molar-refractivity contribution < 1.29 is 19.7 Å². The number of phenols is 1. The Morgan fingerprint density at radius 3 is 2.00 bits per heavy atom. The summed E-state index contributed by atoms with van der Waals surface area (Å²) in [5, 5.41) is 31.2. The number of carbonyl (C=O) groups is 1. The number of phenolic OH excluding ortho intramolecular Hbond substituents is 1. The minimum absolute atomic E-state index is 0.256. The highest BCUT2D eigenvalue weighted by atomic mass is 16.6. The first-order chi connectivity index (χ1) is 10.9. The summed E-state index contributed by atoms with van der Waals surface area (Å²) in [5.74, 6) is -1.73. The van der Waals surface area contributed by atoms with E-state index in [4.69, 9.17) is 0 Å². The van der Waals surface area contributed by atoms with E-state index in [-0.39, 0.29) is 5.56 Å². The Morgan fingerprint density at radius 2 is 1.52 bits per heavy atom. The second kappa shape index (κ2) is 6.48. The molecule has 0 bridgehead atoms. The summed E-state index contributed by atoms with van der Waals surface area (Å²) in [6.45, 7) is 0. The Kier molecular flexibility index (Phi) is 4.46. The zero-order valence-corrected chi connectivity index (χ0v) is 11.6. The molecule has 1 N–H and O–H groups in total. The highest BCUT2D eigenvalue weighted by Gasteiger charge is 2.27. The van der Waals surface area contributed by atoms with Crippen LogP contribution < -0.4 is 0 Å². The van der Waals surface area contributed by atoms with Gasteiger partial charge in [0, 0.05) is 17.7 Å². The van der Waals surface area contributed by atoms with E-state index in [1.807, 2.05) is 0 Å². The van der Waals surface area contributed by atoms with Crippen LogP contribution in [0.1, 0.15) is 15.9 Å². The van der Waals surface area contributed by atoms with Gasteiger partial charge in [-0.2, -0.15) is 0 Å². The number of hydrogen-bond acceptors (Lipinski definition) is 6. The number of nitrogens with zero attached hydrogens (tertiary/aromatic N) is 2. The van der Waals surface area contributed by atoms with Gasteiger partial charge in [0.25, 0.3) is 5.75 Å². The predicted octanol–water partition coefficient (Wildman–Crippen LogP) is 3.10. The van der Waals surface area contributed by atoms with E-state index in [1.54, 1.807) is 30.3 Å². The Bertz CT molecular complexity index is 779. The number of aromatic hydroxyl groups is 1. The fraction of sp³-hybridized carbons (Fsp3) is 0. The molecule has 0 atom stereocenters. The lowest BCUT2D eigenvalue weighted by Gasteiger charge is -2.01. The number of nitro groups is 2. The van der Waals surface area contributed by atoms with Crippen LogP contribution in [0, 0.1) is 20.2 Å². The molecule has 0 aliphatic carbocycles. The molecule has 0 aromatic heterocycles. The third-order valence-electron chi connectivity index (χ3n) is 2.97. The van der Waals surface area contributed by atoms with Crippen molar-refractivity contribution in [3.63, 3.8) is 0 Å². The van der Waals surface area contributed by atoms with Gasteiger partial charge in [0.1, 0.15) is 0 Å². The smallest absolute Gasteiger partial charge is 0.318 e. The van der Waals surface area contributed by atoms with Gasteiger partial charge in [-0.1, -0.05) is 36.4 Å². The molecule has 0 radical (unpaired) electrons. The second-order valence-electron chi connectivity index (χ2n) is 4.49. The van der Waals surface area contributed by atoms with E-state index < -0.39 is 32.8 Å². The Balaban J connectivity index is 2.42. The molecule has 8 heteroatoms. The molecule has 2 aromatic rings. The van der Waals surface area contributed by atoms with Gasteiger partial charge in [0.05, 0.1) is 9.85 Å². The maximum atomic E-state index is 12.1. The first kappa shape index (κ1) is 15.8. The van der Waals surface area contributed by atoms with Crippen molar-refractivity contribution in [3.8, 4) is 5.75 Å². The molecular weight excluding hydrogens is 304 g/mol. The third-order valence-corrected chi connectivity index (χ3v) is 2.97. The summed E-state index contributed by atoms with van der Waals surface area (Å²) < 4.78 is 0. The van der Waals surface area contributed by atoms with E-state index in [0.717, 1.165) is 23.8 Å². The number of nitro benzene ring substituents is 2. The molecule has 0 saturated carbocycles. The largest absolute Gasteiger partial charge is 0.497 e. The Morgan fingerprint density at radius 1 is 1.00 bits per heavy atom. The van der Waals surface area contributed by atoms with Crippen LogP contribution >= 0.6 is 0 Å². The topological polar surface area (TPSA) is 124 Å². The number of carbonyl (C=O) groups excluding carboxylic acids is 1. The molecule has 0 spiro atoms. The van der Waals surface area contributed by atoms with Crippen LogP contribution in [0.15, 0.2) is 48.5 Å². The van der Waals surface area contributed by atoms with Crippen LogP contribution in [0.5, 0.6) is 5.75 Å². The predicted molar refractivity (Wildman–Crippen MR) is 81.2 cm³/mol. The van der Waals surface area contributed by atoms with Gasteiger partial charge in [0.2, 0.25) is 0 Å². The van der Waals surface area contributed by atoms with E-state index >= 15 is 0 Å². The number of hydrogen-bond donors (Lipinski definition) is 1. The van der Waals surface area contributed by atoms with Crippen LogP contribution in [-0.2, 0) is 0 Å². The average molecular weight is 314 g/mol. The molecule has 116 valence electrons. The van der Waals surface area contributed by atoms with Crippen LogP contribution in [0.2, 0.25) is 0 Å². The van der Waals surface area contributed by atoms with Gasteiger partial charge < -0.3 is 5.11 Å². The fourth-order valence-electron chi connectivity index (χ4n) is 1.86. The van der Waals surface area contributed by atoms with Gasteiger partial charge in [-0.3, -0.25) is 25.0 Å². The molecule has 23 heavy (non-hydrogen) atoms. The van der Waals surface area contributed by atoms with Crippen molar-refractivity contribution in [2.75, 3.05) is 0 Å². The van der Waals surface area contributed by atoms with Crippen molar-refractivity contribution in [2.45, 2.75) is 0 Å². The lowest BCUT2D eigenvalue weighted by molar-refractivity contribution is -0.396. The highest BCUT2D eigenvalue weighted by molar-refractivity contribution is 6.07. The standard InChI is InChI=1S/C15H10N2O6/c18-14(7-6-10-4-2-1-3-5-10)11-8-12(16(20)21)15(19)13(9-11)17(22)23/h1-9,19H. The second-order valence-corrected chi connectivity index (χ2v) is 4.49. The molecule has 0 unspecified atom stereocenters. The summed E-state index contributed by atoms with van der Waals surface area (Å²) in [5.41, 5.74) is -1.32. The number of benzene rings is 2. The highest BCUT2D eigenvalue weighted by Crippen LogP contribution is 2.36. The van der Waals surface area contributed by atoms with Crippen LogP contribution in [0.25, 0.3) is 6.08 Å². The van der Waals surface area contributed by atoms with Gasteiger partial charge in [-0.25, -0.2) is 0 Å². The molecule has 2 rings (SSSR count). The molecular formula is C15H10N2O6. The van der Waals surface area contributed by atoms with E-state index in [0.29, 0.717) is 0 Å². The normalized spacial score (nSPS) is 10.6. The third kappa shape index (κ3) is 3.56. The molecule has 0 aliphatic rings. The van der Waals surface area contributed by atoms with Crippen molar-refractivity contribution in [1.82, 2.24) is 0 Å². The van der Waals surface area contributed by atoms with Crippen molar-refractivity contribution in [2.24, 2.45) is 0 Å². The lowest BCUT2D eigenvalue weighted by atomic mass is 10.1. The minimum atomic E-state index is -1.08. The van der Waals surface area contributed by atoms with Crippen LogP contribution in [-0.4, -0.2) is 20.7 Å². The monoisotopic (exact) mass is 314 g/mol. The van der Waals surface area contributed by atoms with Crippen molar-refractivity contribution in [1.29, 1.82) is 0 Å². The average Bonchev–Trinajstić information content (AvgIpc) is 2.53. The molecule has 0 aliphatic heterocycles. The minimum Gasteiger partial charge on any atom is -0.497 e. The van der Waals surface area contributed by atoms with E-state index in [2.05, 4.69) is 0 Å². The summed E-state index contributed by atoms with van der Waals surface area (Å²) in [4.78, 5) is 31.8. The van der Waals surface area contributed by atoms with Crippen LogP contribution in [0.4, 0.5) is 11.4 Å². The Hall–Kier alpha value is -3.55.